The lowest BCUT2D eigenvalue weighted by atomic mass is 9.73. The molecule has 1 atom stereocenters. The summed E-state index contributed by atoms with van der Waals surface area (Å²) in [5, 5.41) is 3.62. The highest BCUT2D eigenvalue weighted by atomic mass is 16.5. The van der Waals surface area contributed by atoms with Crippen LogP contribution >= 0.6 is 0 Å². The molecule has 1 aliphatic rings. The first-order valence-corrected chi connectivity index (χ1v) is 7.46. The van der Waals surface area contributed by atoms with Gasteiger partial charge in [0.05, 0.1) is 18.5 Å². The fourth-order valence-corrected chi connectivity index (χ4v) is 2.74. The average molecular weight is 278 g/mol. The van der Waals surface area contributed by atoms with E-state index in [1.807, 2.05) is 18.3 Å². The van der Waals surface area contributed by atoms with Crippen molar-refractivity contribution in [2.45, 2.75) is 45.6 Å². The molecule has 1 unspecified atom stereocenters. The molecule has 0 saturated heterocycles. The molecule has 1 aromatic rings. The van der Waals surface area contributed by atoms with Gasteiger partial charge in [0.25, 0.3) is 0 Å². The summed E-state index contributed by atoms with van der Waals surface area (Å²) in [6.07, 6.45) is 7.03. The van der Waals surface area contributed by atoms with Crippen LogP contribution in [-0.4, -0.2) is 31.3 Å². The Hall–Kier alpha value is -1.29. The van der Waals surface area contributed by atoms with Crippen LogP contribution < -0.4 is 10.1 Å². The number of methoxy groups -OCH3 is 1. The monoisotopic (exact) mass is 278 g/mol. The maximum atomic E-state index is 5.47. The molecule has 1 heterocycles. The second-order valence-electron chi connectivity index (χ2n) is 6.16. The van der Waals surface area contributed by atoms with Crippen LogP contribution in [0.5, 0.6) is 5.88 Å². The lowest BCUT2D eigenvalue weighted by Gasteiger charge is -2.39. The number of nitrogens with zero attached hydrogens (tertiary/aromatic N) is 1. The molecule has 1 N–H and O–H groups in total. The quantitative estimate of drug-likeness (QED) is 0.809. The minimum absolute atomic E-state index is 0.353. The van der Waals surface area contributed by atoms with Gasteiger partial charge in [0.2, 0.25) is 5.88 Å². The van der Waals surface area contributed by atoms with Gasteiger partial charge in [-0.1, -0.05) is 26.7 Å². The summed E-state index contributed by atoms with van der Waals surface area (Å²) in [7, 11) is 1.66. The molecule has 4 nitrogen and oxygen atoms in total. The van der Waals surface area contributed by atoms with Gasteiger partial charge in [0.1, 0.15) is 6.61 Å². The van der Waals surface area contributed by atoms with Gasteiger partial charge >= 0.3 is 0 Å². The number of hydrogen-bond acceptors (Lipinski definition) is 4. The van der Waals surface area contributed by atoms with Crippen LogP contribution in [0.2, 0.25) is 0 Å². The van der Waals surface area contributed by atoms with Crippen LogP contribution in [0.1, 0.15) is 39.5 Å². The lowest BCUT2D eigenvalue weighted by molar-refractivity contribution is 0.144. The van der Waals surface area contributed by atoms with E-state index in [0.29, 0.717) is 30.6 Å². The van der Waals surface area contributed by atoms with Gasteiger partial charge in [-0.15, -0.1) is 0 Å². The number of rotatable bonds is 6. The zero-order chi connectivity index (χ0) is 14.4. The minimum Gasteiger partial charge on any atom is -0.475 e. The van der Waals surface area contributed by atoms with E-state index in [9.17, 15) is 0 Å². The Bertz CT molecular complexity index is 403. The summed E-state index contributed by atoms with van der Waals surface area (Å²) in [6, 6.07) is 4.48. The molecular weight excluding hydrogens is 252 g/mol. The third-order valence-electron chi connectivity index (χ3n) is 4.12. The molecule has 0 aliphatic heterocycles. The van der Waals surface area contributed by atoms with Crippen LogP contribution in [0.4, 0.5) is 5.69 Å². The van der Waals surface area contributed by atoms with Crippen molar-refractivity contribution in [3.8, 4) is 5.88 Å². The molecule has 1 saturated carbocycles. The Morgan fingerprint density at radius 3 is 2.80 bits per heavy atom. The number of hydrogen-bond donors (Lipinski definition) is 1. The third kappa shape index (κ3) is 4.10. The second-order valence-corrected chi connectivity index (χ2v) is 6.16. The van der Waals surface area contributed by atoms with Crippen LogP contribution in [0.15, 0.2) is 18.3 Å². The van der Waals surface area contributed by atoms with Crippen LogP contribution in [0.25, 0.3) is 0 Å². The highest BCUT2D eigenvalue weighted by Gasteiger charge is 2.31. The summed E-state index contributed by atoms with van der Waals surface area (Å²) >= 11 is 0. The maximum absolute atomic E-state index is 5.47. The van der Waals surface area contributed by atoms with Gasteiger partial charge < -0.3 is 14.8 Å². The van der Waals surface area contributed by atoms with Gasteiger partial charge in [-0.2, -0.15) is 0 Å². The Morgan fingerprint density at radius 1 is 1.30 bits per heavy atom. The highest BCUT2D eigenvalue weighted by Crippen LogP contribution is 2.37. The highest BCUT2D eigenvalue weighted by molar-refractivity contribution is 5.43. The molecule has 1 aliphatic carbocycles. The van der Waals surface area contributed by atoms with E-state index in [1.54, 1.807) is 7.11 Å². The van der Waals surface area contributed by atoms with Crippen molar-refractivity contribution in [1.29, 1.82) is 0 Å². The third-order valence-corrected chi connectivity index (χ3v) is 4.12. The molecule has 20 heavy (non-hydrogen) atoms. The molecule has 1 fully saturated rings. The zero-order valence-electron chi connectivity index (χ0n) is 12.8. The van der Waals surface area contributed by atoms with Gasteiger partial charge in [-0.05, 0) is 24.3 Å². The molecule has 4 heteroatoms. The average Bonchev–Trinajstić information content (AvgIpc) is 2.43. The van der Waals surface area contributed by atoms with Crippen molar-refractivity contribution in [2.75, 3.05) is 25.6 Å². The Balaban J connectivity index is 1.89. The van der Waals surface area contributed by atoms with Gasteiger partial charge in [0.15, 0.2) is 0 Å². The fraction of sp³-hybridized carbons (Fsp3) is 0.688. The minimum atomic E-state index is 0.353. The number of pyridine rings is 1. The molecule has 0 amide bonds. The Morgan fingerprint density at radius 2 is 2.15 bits per heavy atom. The van der Waals surface area contributed by atoms with E-state index in [1.165, 1.54) is 25.7 Å². The van der Waals surface area contributed by atoms with E-state index in [-0.39, 0.29) is 0 Å². The van der Waals surface area contributed by atoms with Crippen molar-refractivity contribution in [3.63, 3.8) is 0 Å². The van der Waals surface area contributed by atoms with Gasteiger partial charge in [-0.3, -0.25) is 0 Å². The van der Waals surface area contributed by atoms with E-state index in [4.69, 9.17) is 9.47 Å². The molecular formula is C16H26N2O2. The fourth-order valence-electron chi connectivity index (χ4n) is 2.74. The molecule has 1 aromatic heterocycles. The molecule has 2 rings (SSSR count). The standard InChI is InChI=1S/C16H26N2O2/c1-16(2)9-5-4-6-14(16)18-13-7-8-15(17-12-13)20-11-10-19-3/h7-8,12,14,18H,4-6,9-11H2,1-3H3. The first-order chi connectivity index (χ1) is 9.62. The zero-order valence-corrected chi connectivity index (χ0v) is 12.8. The molecule has 0 bridgehead atoms. The normalized spacial score (nSPS) is 21.4. The van der Waals surface area contributed by atoms with Crippen molar-refractivity contribution < 1.29 is 9.47 Å². The number of aromatic nitrogens is 1. The molecule has 0 aromatic carbocycles. The summed E-state index contributed by atoms with van der Waals surface area (Å²) in [4.78, 5) is 4.32. The van der Waals surface area contributed by atoms with E-state index in [0.717, 1.165) is 5.69 Å². The first-order valence-electron chi connectivity index (χ1n) is 7.46. The van der Waals surface area contributed by atoms with Crippen LogP contribution in [-0.2, 0) is 4.74 Å². The summed E-state index contributed by atoms with van der Waals surface area (Å²) in [6.45, 7) is 5.81. The van der Waals surface area contributed by atoms with E-state index < -0.39 is 0 Å². The van der Waals surface area contributed by atoms with E-state index >= 15 is 0 Å². The Kier molecular flexibility index (Phi) is 5.24. The van der Waals surface area contributed by atoms with Crippen molar-refractivity contribution in [3.05, 3.63) is 18.3 Å². The topological polar surface area (TPSA) is 43.4 Å². The summed E-state index contributed by atoms with van der Waals surface area (Å²) < 4.78 is 10.4. The van der Waals surface area contributed by atoms with Crippen LogP contribution in [0, 0.1) is 5.41 Å². The summed E-state index contributed by atoms with van der Waals surface area (Å²) in [5.41, 5.74) is 1.43. The van der Waals surface area contributed by atoms with Crippen molar-refractivity contribution in [2.24, 2.45) is 5.41 Å². The Labute approximate surface area is 121 Å². The molecule has 112 valence electrons. The van der Waals surface area contributed by atoms with E-state index in [2.05, 4.69) is 24.1 Å². The number of nitrogens with one attached hydrogen (secondary N) is 1. The van der Waals surface area contributed by atoms with Gasteiger partial charge in [0, 0.05) is 19.2 Å². The number of anilines is 1. The predicted molar refractivity (Wildman–Crippen MR) is 81.3 cm³/mol. The van der Waals surface area contributed by atoms with Crippen molar-refractivity contribution >= 4 is 5.69 Å². The first kappa shape index (κ1) is 15.1. The largest absolute Gasteiger partial charge is 0.475 e. The SMILES string of the molecule is COCCOc1ccc(NC2CCCCC2(C)C)cn1. The van der Waals surface area contributed by atoms with Crippen LogP contribution in [0.3, 0.4) is 0 Å². The second kappa shape index (κ2) is 6.93. The number of ether oxygens (including phenoxy) is 2. The molecule has 0 spiro atoms. The maximum Gasteiger partial charge on any atom is 0.213 e. The lowest BCUT2D eigenvalue weighted by Crippen LogP contribution is -2.38. The smallest absolute Gasteiger partial charge is 0.213 e. The van der Waals surface area contributed by atoms with Gasteiger partial charge in [-0.25, -0.2) is 4.98 Å². The molecule has 0 radical (unpaired) electrons. The summed E-state index contributed by atoms with van der Waals surface area (Å²) in [5.74, 6) is 0.649. The van der Waals surface area contributed by atoms with Crippen molar-refractivity contribution in [1.82, 2.24) is 4.98 Å². The predicted octanol–water partition coefficient (Wildman–Crippen LogP) is 3.49.